The van der Waals surface area contributed by atoms with Crippen LogP contribution in [-0.4, -0.2) is 188 Å². The van der Waals surface area contributed by atoms with Crippen molar-refractivity contribution >= 4 is 36.2 Å². The van der Waals surface area contributed by atoms with Crippen molar-refractivity contribution in [2.45, 2.75) is 178 Å². The molecule has 0 saturated carbocycles. The molecule has 1 aromatic rings. The Hall–Kier alpha value is -3.83. The van der Waals surface area contributed by atoms with Crippen molar-refractivity contribution in [2.24, 2.45) is 11.8 Å². The predicted molar refractivity (Wildman–Crippen MR) is 250 cm³/mol. The summed E-state index contributed by atoms with van der Waals surface area (Å²) >= 11 is 0. The number of carbonyl (C=O) groups excluding carboxylic acids is 4. The van der Waals surface area contributed by atoms with E-state index in [4.69, 9.17) is 43.6 Å². The number of nitrogens with two attached hydrogens (primary N) is 1. The molecule has 0 radical (unpaired) electrons. The Morgan fingerprint density at radius 3 is 2.41 bits per heavy atom. The van der Waals surface area contributed by atoms with Gasteiger partial charge in [-0.15, -0.1) is 0 Å². The van der Waals surface area contributed by atoms with E-state index < -0.39 is 116 Å². The number of nitrogens with one attached hydrogen (secondary N) is 1. The summed E-state index contributed by atoms with van der Waals surface area (Å²) in [7, 11) is 6.76. The Labute approximate surface area is 401 Å². The lowest BCUT2D eigenvalue weighted by atomic mass is 9.82. The van der Waals surface area contributed by atoms with Crippen LogP contribution in [0.25, 0.3) is 6.08 Å². The number of alkyl carbamates (subject to hydrolysis) is 1. The first-order valence-corrected chi connectivity index (χ1v) is 23.9. The molecule has 3 saturated heterocycles. The van der Waals surface area contributed by atoms with Crippen molar-refractivity contribution in [3.05, 3.63) is 30.0 Å². The van der Waals surface area contributed by atoms with Crippen LogP contribution >= 0.6 is 0 Å². The molecule has 0 spiro atoms. The number of esters is 2. The number of hydrogen-bond acceptors (Lipinski definition) is 19. The molecule has 4 heterocycles. The molecule has 3 aliphatic heterocycles. The number of hydrogen-bond donors (Lipinski definition) is 5. The summed E-state index contributed by atoms with van der Waals surface area (Å²) in [4.78, 5) is 59.2. The van der Waals surface area contributed by atoms with Crippen LogP contribution in [0.3, 0.4) is 0 Å². The Balaban J connectivity index is 1.62. The lowest BCUT2D eigenvalue weighted by Gasteiger charge is -2.50. The average molecular weight is 966 g/mol. The highest BCUT2D eigenvalue weighted by Crippen LogP contribution is 2.39. The zero-order chi connectivity index (χ0) is 50.3. The van der Waals surface area contributed by atoms with Crippen molar-refractivity contribution in [1.82, 2.24) is 20.1 Å². The number of likely N-dealkylation sites (N-methyl/N-ethyl adjacent to an activating group) is 2. The fourth-order valence-corrected chi connectivity index (χ4v) is 9.46. The number of aliphatic hydroxyl groups excluding tert-OH is 3. The highest BCUT2D eigenvalue weighted by atomic mass is 16.7. The third kappa shape index (κ3) is 16.1. The van der Waals surface area contributed by atoms with E-state index in [1.54, 1.807) is 65.9 Å². The first-order valence-electron chi connectivity index (χ1n) is 23.9. The monoisotopic (exact) mass is 966 g/mol. The van der Waals surface area contributed by atoms with Gasteiger partial charge in [-0.2, -0.15) is 0 Å². The van der Waals surface area contributed by atoms with E-state index in [0.29, 0.717) is 44.7 Å². The van der Waals surface area contributed by atoms with Gasteiger partial charge in [0.1, 0.15) is 36.5 Å². The second kappa shape index (κ2) is 27.0. The number of aldehydes is 1. The number of anilines is 1. The van der Waals surface area contributed by atoms with Crippen LogP contribution in [0.2, 0.25) is 0 Å². The normalized spacial score (nSPS) is 36.2. The van der Waals surface area contributed by atoms with Gasteiger partial charge in [0.25, 0.3) is 0 Å². The van der Waals surface area contributed by atoms with Crippen molar-refractivity contribution in [3.63, 3.8) is 0 Å². The van der Waals surface area contributed by atoms with Crippen LogP contribution in [0.1, 0.15) is 98.5 Å². The van der Waals surface area contributed by atoms with Crippen molar-refractivity contribution in [2.75, 3.05) is 53.6 Å². The summed E-state index contributed by atoms with van der Waals surface area (Å²) in [6, 6.07) is 2.71. The number of ether oxygens (including phenoxy) is 8. The average Bonchev–Trinajstić information content (AvgIpc) is 3.26. The molecule has 3 aliphatic rings. The number of carbonyl (C=O) groups is 4. The SMILES string of the molecule is CCNC(=O)O[C@H]1[C@H](C)O[C@@H](O[C@H]2[C@H](N(C)C)[C@@H](O)[C@H](O[C@H]3[C@@H](CC=O)C[C@@H](C)[C@@H](O)CN(C)CCC[C@H](C/C=C/c4ccc(N)nc4)OC(=O)C[C@@H](O)[C@@H]3OC)O[C@@H]2C)C[C@@]1(C)OC(=O)CC. The van der Waals surface area contributed by atoms with Gasteiger partial charge in [0.05, 0.1) is 43.0 Å². The minimum atomic E-state index is -1.50. The largest absolute Gasteiger partial charge is 0.462 e. The summed E-state index contributed by atoms with van der Waals surface area (Å²) < 4.78 is 49.5. The van der Waals surface area contributed by atoms with E-state index in [-0.39, 0.29) is 31.6 Å². The summed E-state index contributed by atoms with van der Waals surface area (Å²) in [6.07, 6.45) is -5.77. The van der Waals surface area contributed by atoms with E-state index in [1.165, 1.54) is 7.11 Å². The molecular weight excluding hydrogens is 887 g/mol. The molecule has 20 nitrogen and oxygen atoms in total. The maximum absolute atomic E-state index is 13.7. The summed E-state index contributed by atoms with van der Waals surface area (Å²) in [5, 5.41) is 38.1. The maximum Gasteiger partial charge on any atom is 0.407 e. The van der Waals surface area contributed by atoms with Crippen molar-refractivity contribution < 1.29 is 72.4 Å². The molecule has 1 amide bonds. The molecule has 0 bridgehead atoms. The maximum atomic E-state index is 13.7. The number of pyridine rings is 1. The molecule has 68 heavy (non-hydrogen) atoms. The smallest absolute Gasteiger partial charge is 0.407 e. The lowest BCUT2D eigenvalue weighted by molar-refractivity contribution is -0.344. The standard InChI is InChI=1S/C48H79N5O15/c1-11-37(57)68-48(6)25-39(62-30(5)45(48)67-47(60)50-12-2)65-42-29(4)63-46(41(59)40(42)52(7)8)66-43-32(20-22-54)23-28(3)35(56)27-53(9)21-14-17-33(64-38(58)24-34(55)44(43)61-10)16-13-15-31-18-19-36(49)51-26-31/h13,15,18-19,22,26,28-30,32-35,39-46,55-56,59H,11-12,14,16-17,20-21,23-25,27H2,1-10H3,(H2,49,51)(H,50,60)/b15-13+/t28-,29-,30+,32+,33+,34-,35+,39+,40-,41-,42-,43+,44+,45+,46+,48-/m1/s1. The van der Waals surface area contributed by atoms with Crippen LogP contribution < -0.4 is 11.1 Å². The van der Waals surface area contributed by atoms with Gasteiger partial charge in [0.2, 0.25) is 0 Å². The fraction of sp³-hybridized carbons (Fsp3) is 0.771. The molecule has 386 valence electrons. The van der Waals surface area contributed by atoms with Crippen molar-refractivity contribution in [3.8, 4) is 0 Å². The van der Waals surface area contributed by atoms with E-state index in [0.717, 1.165) is 11.8 Å². The molecule has 0 aliphatic carbocycles. The molecule has 0 aromatic carbocycles. The number of rotatable bonds is 15. The highest BCUT2D eigenvalue weighted by molar-refractivity contribution is 5.71. The number of nitrogens with zero attached hydrogens (tertiary/aromatic N) is 3. The van der Waals surface area contributed by atoms with Gasteiger partial charge < -0.3 is 78.9 Å². The zero-order valence-corrected chi connectivity index (χ0v) is 41.6. The number of aliphatic hydroxyl groups is 3. The summed E-state index contributed by atoms with van der Waals surface area (Å²) in [5.41, 5.74) is 5.20. The Bertz CT molecular complexity index is 1760. The minimum absolute atomic E-state index is 0.0313. The van der Waals surface area contributed by atoms with Gasteiger partial charge in [-0.1, -0.05) is 26.0 Å². The van der Waals surface area contributed by atoms with Gasteiger partial charge in [0.15, 0.2) is 24.3 Å². The van der Waals surface area contributed by atoms with E-state index >= 15 is 0 Å². The molecule has 0 unspecified atom stereocenters. The lowest BCUT2D eigenvalue weighted by Crippen LogP contribution is -2.66. The Kier molecular flexibility index (Phi) is 22.5. The van der Waals surface area contributed by atoms with Gasteiger partial charge in [0, 0.05) is 52.1 Å². The fourth-order valence-electron chi connectivity index (χ4n) is 9.46. The molecular formula is C48H79N5O15. The molecule has 4 rings (SSSR count). The molecule has 3 fully saturated rings. The Morgan fingerprint density at radius 2 is 1.78 bits per heavy atom. The quantitative estimate of drug-likeness (QED) is 0.0962. The number of cyclic esters (lactones) is 1. The van der Waals surface area contributed by atoms with Crippen LogP contribution in [-0.2, 0) is 52.3 Å². The van der Waals surface area contributed by atoms with Crippen LogP contribution in [0, 0.1) is 11.8 Å². The van der Waals surface area contributed by atoms with Crippen molar-refractivity contribution in [1.29, 1.82) is 0 Å². The predicted octanol–water partition coefficient (Wildman–Crippen LogP) is 2.83. The summed E-state index contributed by atoms with van der Waals surface area (Å²) in [6.45, 7) is 11.6. The van der Waals surface area contributed by atoms with Gasteiger partial charge in [-0.25, -0.2) is 9.78 Å². The second-order valence-electron chi connectivity index (χ2n) is 18.9. The molecule has 1 aromatic heterocycles. The number of aromatic nitrogens is 1. The zero-order valence-electron chi connectivity index (χ0n) is 41.6. The van der Waals surface area contributed by atoms with Crippen LogP contribution in [0.15, 0.2) is 24.4 Å². The highest BCUT2D eigenvalue weighted by Gasteiger charge is 2.54. The number of β-amino-alcohol motifs (C(OH)–C–C–N with tert-alkyl or cyclic N) is 1. The number of methoxy groups -OCH3 is 1. The summed E-state index contributed by atoms with van der Waals surface area (Å²) in [5.74, 6) is -1.84. The third-order valence-corrected chi connectivity index (χ3v) is 13.1. The topological polar surface area (TPSA) is 260 Å². The molecule has 20 heteroatoms. The first-order chi connectivity index (χ1) is 32.2. The van der Waals surface area contributed by atoms with Gasteiger partial charge in [-0.05, 0) is 104 Å². The first kappa shape index (κ1) is 56.8. The van der Waals surface area contributed by atoms with E-state index in [2.05, 4.69) is 10.3 Å². The number of nitrogen functional groups attached to an aromatic ring is 1. The van der Waals surface area contributed by atoms with Gasteiger partial charge >= 0.3 is 18.0 Å². The van der Waals surface area contributed by atoms with Crippen LogP contribution in [0.4, 0.5) is 10.6 Å². The van der Waals surface area contributed by atoms with Crippen LogP contribution in [0.5, 0.6) is 0 Å². The number of amides is 1. The second-order valence-corrected chi connectivity index (χ2v) is 18.9. The molecule has 16 atom stereocenters. The van der Waals surface area contributed by atoms with E-state index in [1.807, 2.05) is 37.1 Å². The molecule has 6 N–H and O–H groups in total. The van der Waals surface area contributed by atoms with E-state index in [9.17, 15) is 34.5 Å². The van der Waals surface area contributed by atoms with Gasteiger partial charge in [-0.3, -0.25) is 9.59 Å². The Morgan fingerprint density at radius 1 is 1.04 bits per heavy atom. The third-order valence-electron chi connectivity index (χ3n) is 13.1. The minimum Gasteiger partial charge on any atom is -0.462 e.